The van der Waals surface area contributed by atoms with E-state index >= 15 is 0 Å². The normalized spacial score (nSPS) is 10.2. The Morgan fingerprint density at radius 2 is 1.15 bits per heavy atom. The number of benzene rings is 3. The van der Waals surface area contributed by atoms with Crippen molar-refractivity contribution in [1.29, 1.82) is 5.26 Å². The lowest BCUT2D eigenvalue weighted by atomic mass is 10.2. The van der Waals surface area contributed by atoms with Crippen LogP contribution >= 0.6 is 0 Å². The van der Waals surface area contributed by atoms with Crippen molar-refractivity contribution in [2.75, 3.05) is 5.32 Å². The van der Waals surface area contributed by atoms with Crippen molar-refractivity contribution in [3.05, 3.63) is 90.5 Å². The maximum absolute atomic E-state index is 8.94. The van der Waals surface area contributed by atoms with Crippen molar-refractivity contribution < 1.29 is 0 Å². The van der Waals surface area contributed by atoms with Gasteiger partial charge in [-0.1, -0.05) is 60.7 Å². The smallest absolute Gasteiger partial charge is 0.231 e. The standard InChI is InChI=1S/C22H15N5/c23-15-16-11-13-19(14-12-16)24-22-26-20(17-7-3-1-4-8-17)25-21(27-22)18-9-5-2-6-10-18/h1-14H,(H,24,25,26,27). The fourth-order valence-corrected chi connectivity index (χ4v) is 2.62. The summed E-state index contributed by atoms with van der Waals surface area (Å²) in [6.07, 6.45) is 0. The van der Waals surface area contributed by atoms with E-state index in [9.17, 15) is 0 Å². The lowest BCUT2D eigenvalue weighted by Crippen LogP contribution is -2.03. The van der Waals surface area contributed by atoms with E-state index in [4.69, 9.17) is 5.26 Å². The molecule has 4 rings (SSSR count). The summed E-state index contributed by atoms with van der Waals surface area (Å²) in [6, 6.07) is 28.9. The zero-order chi connectivity index (χ0) is 18.5. The van der Waals surface area contributed by atoms with Crippen LogP contribution in [0.2, 0.25) is 0 Å². The average Bonchev–Trinajstić information content (AvgIpc) is 2.75. The molecule has 1 N–H and O–H groups in total. The number of hydrogen-bond acceptors (Lipinski definition) is 5. The summed E-state index contributed by atoms with van der Waals surface area (Å²) in [5.74, 6) is 1.65. The molecule has 3 aromatic carbocycles. The Labute approximate surface area is 157 Å². The fraction of sp³-hybridized carbons (Fsp3) is 0. The van der Waals surface area contributed by atoms with Crippen LogP contribution in [0.4, 0.5) is 11.6 Å². The molecule has 27 heavy (non-hydrogen) atoms. The Bertz CT molecular complexity index is 1030. The van der Waals surface area contributed by atoms with E-state index in [0.717, 1.165) is 16.8 Å². The molecule has 0 bridgehead atoms. The molecule has 5 heteroatoms. The van der Waals surface area contributed by atoms with Gasteiger partial charge in [0.15, 0.2) is 11.6 Å². The van der Waals surface area contributed by atoms with Gasteiger partial charge in [0, 0.05) is 16.8 Å². The second kappa shape index (κ2) is 7.46. The molecule has 5 nitrogen and oxygen atoms in total. The molecule has 0 unspecified atom stereocenters. The average molecular weight is 349 g/mol. The Morgan fingerprint density at radius 1 is 0.630 bits per heavy atom. The van der Waals surface area contributed by atoms with E-state index < -0.39 is 0 Å². The lowest BCUT2D eigenvalue weighted by Gasteiger charge is -2.09. The van der Waals surface area contributed by atoms with Gasteiger partial charge in [0.2, 0.25) is 5.95 Å². The summed E-state index contributed by atoms with van der Waals surface area (Å²) >= 11 is 0. The summed E-state index contributed by atoms with van der Waals surface area (Å²) in [5, 5.41) is 12.1. The first-order chi connectivity index (χ1) is 13.3. The van der Waals surface area contributed by atoms with Crippen molar-refractivity contribution in [3.63, 3.8) is 0 Å². The van der Waals surface area contributed by atoms with Crippen LogP contribution in [0, 0.1) is 11.3 Å². The third-order valence-electron chi connectivity index (χ3n) is 3.97. The molecular formula is C22H15N5. The van der Waals surface area contributed by atoms with Gasteiger partial charge in [-0.05, 0) is 24.3 Å². The molecule has 1 aromatic heterocycles. The predicted octanol–water partition coefficient (Wildman–Crippen LogP) is 4.82. The first-order valence-electron chi connectivity index (χ1n) is 8.46. The zero-order valence-electron chi connectivity index (χ0n) is 14.4. The number of hydrogen-bond donors (Lipinski definition) is 1. The highest BCUT2D eigenvalue weighted by atomic mass is 15.2. The maximum Gasteiger partial charge on any atom is 0.231 e. The van der Waals surface area contributed by atoms with E-state index in [1.54, 1.807) is 12.1 Å². The van der Waals surface area contributed by atoms with Crippen molar-refractivity contribution in [1.82, 2.24) is 15.0 Å². The molecule has 0 saturated heterocycles. The van der Waals surface area contributed by atoms with Crippen LogP contribution in [-0.2, 0) is 0 Å². The van der Waals surface area contributed by atoms with E-state index in [1.165, 1.54) is 0 Å². The van der Waals surface area contributed by atoms with Gasteiger partial charge in [-0.2, -0.15) is 15.2 Å². The monoisotopic (exact) mass is 349 g/mol. The highest BCUT2D eigenvalue weighted by molar-refractivity contribution is 5.65. The molecule has 0 spiro atoms. The minimum Gasteiger partial charge on any atom is -0.324 e. The molecule has 0 aliphatic carbocycles. The summed E-state index contributed by atoms with van der Waals surface area (Å²) in [5.41, 5.74) is 3.24. The minimum atomic E-state index is 0.451. The van der Waals surface area contributed by atoms with Crippen LogP contribution in [0.15, 0.2) is 84.9 Å². The van der Waals surface area contributed by atoms with Crippen LogP contribution in [0.1, 0.15) is 5.56 Å². The first kappa shape index (κ1) is 16.4. The molecular weight excluding hydrogens is 334 g/mol. The van der Waals surface area contributed by atoms with Gasteiger partial charge < -0.3 is 5.32 Å². The van der Waals surface area contributed by atoms with Crippen molar-refractivity contribution in [3.8, 4) is 28.8 Å². The second-order valence-electron chi connectivity index (χ2n) is 5.85. The van der Waals surface area contributed by atoms with E-state index in [-0.39, 0.29) is 0 Å². The number of anilines is 2. The number of aromatic nitrogens is 3. The van der Waals surface area contributed by atoms with Gasteiger partial charge in [-0.15, -0.1) is 0 Å². The third-order valence-corrected chi connectivity index (χ3v) is 3.97. The number of nitrogens with one attached hydrogen (secondary N) is 1. The van der Waals surface area contributed by atoms with Gasteiger partial charge in [0.1, 0.15) is 0 Å². The SMILES string of the molecule is N#Cc1ccc(Nc2nc(-c3ccccc3)nc(-c3ccccc3)n2)cc1. The van der Waals surface area contributed by atoms with Gasteiger partial charge >= 0.3 is 0 Å². The summed E-state index contributed by atoms with van der Waals surface area (Å²) in [4.78, 5) is 13.8. The maximum atomic E-state index is 8.94. The molecule has 0 radical (unpaired) electrons. The fourth-order valence-electron chi connectivity index (χ4n) is 2.62. The van der Waals surface area contributed by atoms with Gasteiger partial charge in [-0.25, -0.2) is 4.98 Å². The Hall–Kier alpha value is -4.04. The molecule has 0 fully saturated rings. The molecule has 128 valence electrons. The van der Waals surface area contributed by atoms with Crippen LogP contribution in [-0.4, -0.2) is 15.0 Å². The summed E-state index contributed by atoms with van der Waals surface area (Å²) < 4.78 is 0. The van der Waals surface area contributed by atoms with Crippen LogP contribution in [0.25, 0.3) is 22.8 Å². The molecule has 4 aromatic rings. The largest absolute Gasteiger partial charge is 0.324 e. The number of rotatable bonds is 4. The topological polar surface area (TPSA) is 74.5 Å². The quantitative estimate of drug-likeness (QED) is 0.572. The minimum absolute atomic E-state index is 0.451. The van der Waals surface area contributed by atoms with Crippen molar-refractivity contribution >= 4 is 11.6 Å². The Kier molecular flexibility index (Phi) is 4.54. The number of nitriles is 1. The third kappa shape index (κ3) is 3.80. The van der Waals surface area contributed by atoms with Gasteiger partial charge in [0.05, 0.1) is 11.6 Å². The van der Waals surface area contributed by atoms with Crippen molar-refractivity contribution in [2.45, 2.75) is 0 Å². The predicted molar refractivity (Wildman–Crippen MR) is 105 cm³/mol. The zero-order valence-corrected chi connectivity index (χ0v) is 14.4. The lowest BCUT2D eigenvalue weighted by molar-refractivity contribution is 1.07. The Balaban J connectivity index is 1.77. The van der Waals surface area contributed by atoms with Crippen molar-refractivity contribution in [2.24, 2.45) is 0 Å². The van der Waals surface area contributed by atoms with Crippen LogP contribution < -0.4 is 5.32 Å². The first-order valence-corrected chi connectivity index (χ1v) is 8.46. The molecule has 0 amide bonds. The van der Waals surface area contributed by atoms with E-state index in [2.05, 4.69) is 26.3 Å². The van der Waals surface area contributed by atoms with E-state index in [0.29, 0.717) is 23.2 Å². The Morgan fingerprint density at radius 3 is 1.63 bits per heavy atom. The van der Waals surface area contributed by atoms with Crippen LogP contribution in [0.3, 0.4) is 0 Å². The molecule has 0 aliphatic heterocycles. The molecule has 0 saturated carbocycles. The number of nitrogens with zero attached hydrogens (tertiary/aromatic N) is 4. The van der Waals surface area contributed by atoms with Gasteiger partial charge in [0.25, 0.3) is 0 Å². The molecule has 1 heterocycles. The second-order valence-corrected chi connectivity index (χ2v) is 5.85. The van der Waals surface area contributed by atoms with Crippen LogP contribution in [0.5, 0.6) is 0 Å². The summed E-state index contributed by atoms with van der Waals surface area (Å²) in [7, 11) is 0. The molecule has 0 atom stereocenters. The van der Waals surface area contributed by atoms with Gasteiger partial charge in [-0.3, -0.25) is 0 Å². The highest BCUT2D eigenvalue weighted by Gasteiger charge is 2.10. The highest BCUT2D eigenvalue weighted by Crippen LogP contribution is 2.23. The van der Waals surface area contributed by atoms with E-state index in [1.807, 2.05) is 72.8 Å². The summed E-state index contributed by atoms with van der Waals surface area (Å²) in [6.45, 7) is 0. The molecule has 0 aliphatic rings.